The summed E-state index contributed by atoms with van der Waals surface area (Å²) >= 11 is 0. The van der Waals surface area contributed by atoms with E-state index in [0.29, 0.717) is 31.8 Å². The van der Waals surface area contributed by atoms with Gasteiger partial charge < -0.3 is 24.2 Å². The van der Waals surface area contributed by atoms with Gasteiger partial charge in [-0.15, -0.1) is 0 Å². The number of amides is 2. The van der Waals surface area contributed by atoms with Crippen molar-refractivity contribution in [1.29, 1.82) is 0 Å². The van der Waals surface area contributed by atoms with Crippen molar-refractivity contribution in [3.05, 3.63) is 23.3 Å². The summed E-state index contributed by atoms with van der Waals surface area (Å²) in [5, 5.41) is 0. The van der Waals surface area contributed by atoms with Crippen LogP contribution in [0.4, 0.5) is 0 Å². The molecule has 3 rings (SSSR count). The van der Waals surface area contributed by atoms with Gasteiger partial charge in [0, 0.05) is 32.6 Å². The average Bonchev–Trinajstić information content (AvgIpc) is 3.06. The Hall–Kier alpha value is -2.28. The number of ether oxygens (including phenoxy) is 2. The highest BCUT2D eigenvalue weighted by Crippen LogP contribution is 2.34. The van der Waals surface area contributed by atoms with E-state index in [2.05, 4.69) is 4.90 Å². The lowest BCUT2D eigenvalue weighted by atomic mass is 9.97. The van der Waals surface area contributed by atoms with Crippen molar-refractivity contribution in [2.45, 2.75) is 25.8 Å². The quantitative estimate of drug-likeness (QED) is 0.705. The van der Waals surface area contributed by atoms with Gasteiger partial charge in [0.2, 0.25) is 11.8 Å². The van der Waals surface area contributed by atoms with Crippen LogP contribution in [0.15, 0.2) is 12.1 Å². The zero-order valence-electron chi connectivity index (χ0n) is 17.4. The highest BCUT2D eigenvalue weighted by Gasteiger charge is 2.37. The van der Waals surface area contributed by atoms with Gasteiger partial charge in [-0.25, -0.2) is 0 Å². The van der Waals surface area contributed by atoms with E-state index >= 15 is 0 Å². The van der Waals surface area contributed by atoms with Crippen LogP contribution >= 0.6 is 0 Å². The molecule has 0 radical (unpaired) electrons. The molecule has 28 heavy (non-hydrogen) atoms. The lowest BCUT2D eigenvalue weighted by Crippen LogP contribution is -2.40. The summed E-state index contributed by atoms with van der Waals surface area (Å²) in [6.45, 7) is 3.43. The Bertz CT molecular complexity index is 735. The molecule has 0 N–H and O–H groups in total. The molecule has 0 spiro atoms. The molecule has 1 atom stereocenters. The third kappa shape index (κ3) is 4.41. The van der Waals surface area contributed by atoms with Gasteiger partial charge in [-0.05, 0) is 56.7 Å². The van der Waals surface area contributed by atoms with Crippen LogP contribution in [0, 0.1) is 5.92 Å². The van der Waals surface area contributed by atoms with Gasteiger partial charge in [0.05, 0.1) is 20.1 Å². The predicted molar refractivity (Wildman–Crippen MR) is 107 cm³/mol. The first-order chi connectivity index (χ1) is 13.4. The Morgan fingerprint density at radius 3 is 2.50 bits per heavy atom. The molecule has 2 aliphatic heterocycles. The van der Waals surface area contributed by atoms with E-state index in [4.69, 9.17) is 9.47 Å². The number of likely N-dealkylation sites (tertiary alicyclic amines) is 1. The van der Waals surface area contributed by atoms with E-state index in [0.717, 1.165) is 37.2 Å². The molecule has 7 heteroatoms. The van der Waals surface area contributed by atoms with Gasteiger partial charge in [-0.1, -0.05) is 0 Å². The first-order valence-corrected chi connectivity index (χ1v) is 9.88. The Balaban J connectivity index is 1.62. The number of rotatable bonds is 7. The van der Waals surface area contributed by atoms with E-state index in [-0.39, 0.29) is 17.7 Å². The molecule has 0 aromatic heterocycles. The molecule has 1 aromatic rings. The molecule has 0 bridgehead atoms. The fourth-order valence-corrected chi connectivity index (χ4v) is 4.06. The maximum Gasteiger partial charge on any atom is 0.228 e. The third-order valence-electron chi connectivity index (χ3n) is 5.63. The van der Waals surface area contributed by atoms with Crippen molar-refractivity contribution in [2.24, 2.45) is 5.92 Å². The van der Waals surface area contributed by atoms with E-state index in [1.807, 2.05) is 36.0 Å². The minimum atomic E-state index is -0.228. The summed E-state index contributed by atoms with van der Waals surface area (Å²) in [5.74, 6) is 1.35. The Morgan fingerprint density at radius 1 is 1.18 bits per heavy atom. The lowest BCUT2D eigenvalue weighted by molar-refractivity contribution is -0.136. The molecule has 1 aromatic carbocycles. The molecule has 2 amide bonds. The summed E-state index contributed by atoms with van der Waals surface area (Å²) in [6.07, 6.45) is 2.04. The van der Waals surface area contributed by atoms with Crippen molar-refractivity contribution in [1.82, 2.24) is 14.7 Å². The third-order valence-corrected chi connectivity index (χ3v) is 5.63. The zero-order valence-corrected chi connectivity index (χ0v) is 17.4. The number of methoxy groups -OCH3 is 2. The minimum Gasteiger partial charge on any atom is -0.493 e. The summed E-state index contributed by atoms with van der Waals surface area (Å²) in [5.41, 5.74) is 2.28. The smallest absolute Gasteiger partial charge is 0.228 e. The van der Waals surface area contributed by atoms with Crippen LogP contribution in [0.25, 0.3) is 0 Å². The monoisotopic (exact) mass is 389 g/mol. The van der Waals surface area contributed by atoms with E-state index in [1.54, 1.807) is 14.2 Å². The molecule has 0 aliphatic carbocycles. The van der Waals surface area contributed by atoms with Crippen molar-refractivity contribution >= 4 is 11.8 Å². The zero-order chi connectivity index (χ0) is 20.3. The van der Waals surface area contributed by atoms with Gasteiger partial charge in [0.1, 0.15) is 0 Å². The number of hydrogen-bond acceptors (Lipinski definition) is 5. The maximum atomic E-state index is 13.0. The number of carbonyl (C=O) groups is 2. The first-order valence-electron chi connectivity index (χ1n) is 9.88. The Labute approximate surface area is 167 Å². The van der Waals surface area contributed by atoms with Crippen molar-refractivity contribution in [2.75, 3.05) is 54.5 Å². The second-order valence-corrected chi connectivity index (χ2v) is 7.88. The van der Waals surface area contributed by atoms with Gasteiger partial charge >= 0.3 is 0 Å². The average molecular weight is 389 g/mol. The van der Waals surface area contributed by atoms with Crippen LogP contribution in [0.2, 0.25) is 0 Å². The Morgan fingerprint density at radius 2 is 1.86 bits per heavy atom. The topological polar surface area (TPSA) is 62.3 Å². The number of nitrogens with zero attached hydrogens (tertiary/aromatic N) is 3. The van der Waals surface area contributed by atoms with Crippen LogP contribution < -0.4 is 9.47 Å². The van der Waals surface area contributed by atoms with Crippen LogP contribution in [-0.2, 0) is 22.6 Å². The van der Waals surface area contributed by atoms with Crippen LogP contribution in [-0.4, -0.2) is 81.0 Å². The number of fused-ring (bicyclic) bond motifs is 1. The van der Waals surface area contributed by atoms with E-state index < -0.39 is 0 Å². The molecule has 1 fully saturated rings. The SMILES string of the molecule is COc1cc2c(cc1OC)CN(C(=O)C1CC(=O)N(CCCN(C)C)C1)CC2. The van der Waals surface area contributed by atoms with E-state index in [9.17, 15) is 9.59 Å². The minimum absolute atomic E-state index is 0.0869. The van der Waals surface area contributed by atoms with Crippen LogP contribution in [0.3, 0.4) is 0 Å². The van der Waals surface area contributed by atoms with Gasteiger partial charge in [0.25, 0.3) is 0 Å². The van der Waals surface area contributed by atoms with Crippen molar-refractivity contribution < 1.29 is 19.1 Å². The largest absolute Gasteiger partial charge is 0.493 e. The standard InChI is InChI=1S/C21H31N3O4/c1-22(2)7-5-8-23-14-17(12-20(23)25)21(26)24-9-6-15-10-18(27-3)19(28-4)11-16(15)13-24/h10-11,17H,5-9,12-14H2,1-4H3. The van der Waals surface area contributed by atoms with E-state index in [1.165, 1.54) is 5.56 Å². The summed E-state index contributed by atoms with van der Waals surface area (Å²) in [7, 11) is 7.29. The Kier molecular flexibility index (Phi) is 6.44. The second kappa shape index (κ2) is 8.82. The molecule has 7 nitrogen and oxygen atoms in total. The maximum absolute atomic E-state index is 13.0. The lowest BCUT2D eigenvalue weighted by Gasteiger charge is -2.31. The van der Waals surface area contributed by atoms with Gasteiger partial charge in [-0.2, -0.15) is 0 Å². The number of carbonyl (C=O) groups excluding carboxylic acids is 2. The van der Waals surface area contributed by atoms with Gasteiger partial charge in [-0.3, -0.25) is 9.59 Å². The summed E-state index contributed by atoms with van der Waals surface area (Å²) < 4.78 is 10.8. The summed E-state index contributed by atoms with van der Waals surface area (Å²) in [6, 6.07) is 3.96. The van der Waals surface area contributed by atoms with Gasteiger partial charge in [0.15, 0.2) is 11.5 Å². The second-order valence-electron chi connectivity index (χ2n) is 7.88. The molecule has 0 saturated carbocycles. The molecular formula is C21H31N3O4. The predicted octanol–water partition coefficient (Wildman–Crippen LogP) is 1.39. The number of hydrogen-bond donors (Lipinski definition) is 0. The molecule has 2 heterocycles. The van der Waals surface area contributed by atoms with Crippen molar-refractivity contribution in [3.8, 4) is 11.5 Å². The molecule has 2 aliphatic rings. The fourth-order valence-electron chi connectivity index (χ4n) is 4.06. The van der Waals surface area contributed by atoms with Crippen LogP contribution in [0.1, 0.15) is 24.0 Å². The number of benzene rings is 1. The van der Waals surface area contributed by atoms with Crippen LogP contribution in [0.5, 0.6) is 11.5 Å². The molecule has 1 saturated heterocycles. The van der Waals surface area contributed by atoms with Crippen molar-refractivity contribution in [3.63, 3.8) is 0 Å². The highest BCUT2D eigenvalue weighted by molar-refractivity contribution is 5.89. The fraction of sp³-hybridized carbons (Fsp3) is 0.619. The highest BCUT2D eigenvalue weighted by atomic mass is 16.5. The summed E-state index contributed by atoms with van der Waals surface area (Å²) in [4.78, 5) is 31.2. The molecule has 154 valence electrons. The molecule has 1 unspecified atom stereocenters. The first kappa shape index (κ1) is 20.5. The molecular weight excluding hydrogens is 358 g/mol. The normalized spacial score (nSPS) is 19.2.